The van der Waals surface area contributed by atoms with Gasteiger partial charge in [-0.05, 0) is 116 Å². The molecule has 0 fully saturated rings. The molecular weight excluding hydrogens is 901 g/mol. The molecule has 1 atom stereocenters. The molecule has 0 bridgehead atoms. The van der Waals surface area contributed by atoms with Crippen LogP contribution in [0.25, 0.3) is 0 Å². The van der Waals surface area contributed by atoms with Crippen LogP contribution >= 0.6 is 0 Å². The molecule has 6 heteroatoms. The quantitative estimate of drug-likeness (QED) is 0.0261. The third kappa shape index (κ3) is 59.6. The molecule has 6 nitrogen and oxygen atoms in total. The van der Waals surface area contributed by atoms with Gasteiger partial charge in [0.05, 0.1) is 0 Å². The molecule has 0 saturated carbocycles. The molecule has 73 heavy (non-hydrogen) atoms. The van der Waals surface area contributed by atoms with E-state index in [-0.39, 0.29) is 31.1 Å². The van der Waals surface area contributed by atoms with Crippen LogP contribution in [-0.2, 0) is 28.6 Å². The Bertz CT molecular complexity index is 1360. The first kappa shape index (κ1) is 69.8. The molecule has 422 valence electrons. The number of rotatable bonds is 57. The van der Waals surface area contributed by atoms with Gasteiger partial charge >= 0.3 is 17.9 Å². The van der Waals surface area contributed by atoms with Crippen molar-refractivity contribution >= 4 is 17.9 Å². The summed E-state index contributed by atoms with van der Waals surface area (Å²) in [6, 6.07) is 0. The zero-order valence-electron chi connectivity index (χ0n) is 48.4. The van der Waals surface area contributed by atoms with Gasteiger partial charge in [0.25, 0.3) is 0 Å². The second-order valence-corrected chi connectivity index (χ2v) is 21.0. The Balaban J connectivity index is 4.31. The Hall–Kier alpha value is -3.15. The SMILES string of the molecule is CCCCC/C=C\CCCCCCCC(=O)OCC(COC(=O)CCCCCCCCCCCC/C=C\C/C=C\C/C=C\CCCCCCC)OC(=O)CCCCCCCCC/C=C\C/C=C\CCCCCC. The minimum Gasteiger partial charge on any atom is -0.462 e. The summed E-state index contributed by atoms with van der Waals surface area (Å²) in [4.78, 5) is 38.2. The van der Waals surface area contributed by atoms with Crippen LogP contribution in [-0.4, -0.2) is 37.2 Å². The lowest BCUT2D eigenvalue weighted by Crippen LogP contribution is -2.30. The van der Waals surface area contributed by atoms with E-state index in [2.05, 4.69) is 93.7 Å². The fourth-order valence-corrected chi connectivity index (χ4v) is 8.89. The molecular formula is C67H118O6. The Kier molecular flexibility index (Phi) is 58.7. The van der Waals surface area contributed by atoms with Gasteiger partial charge in [0, 0.05) is 19.3 Å². The second-order valence-electron chi connectivity index (χ2n) is 21.0. The van der Waals surface area contributed by atoms with E-state index in [1.807, 2.05) is 0 Å². The molecule has 0 N–H and O–H groups in total. The number of unbranched alkanes of at least 4 members (excludes halogenated alkanes) is 34. The van der Waals surface area contributed by atoms with Gasteiger partial charge in [0.15, 0.2) is 6.10 Å². The summed E-state index contributed by atoms with van der Waals surface area (Å²) in [7, 11) is 0. The number of ether oxygens (including phenoxy) is 3. The fourth-order valence-electron chi connectivity index (χ4n) is 8.89. The minimum atomic E-state index is -0.785. The lowest BCUT2D eigenvalue weighted by atomic mass is 10.1. The van der Waals surface area contributed by atoms with Crippen LogP contribution in [0.3, 0.4) is 0 Å². The van der Waals surface area contributed by atoms with Crippen molar-refractivity contribution in [1.29, 1.82) is 0 Å². The van der Waals surface area contributed by atoms with Gasteiger partial charge in [-0.3, -0.25) is 14.4 Å². The highest BCUT2D eigenvalue weighted by molar-refractivity contribution is 5.71. The largest absolute Gasteiger partial charge is 0.462 e. The highest BCUT2D eigenvalue weighted by Gasteiger charge is 2.19. The number of carbonyl (C=O) groups is 3. The smallest absolute Gasteiger partial charge is 0.306 e. The molecule has 0 rings (SSSR count). The van der Waals surface area contributed by atoms with Crippen LogP contribution in [0.4, 0.5) is 0 Å². The van der Waals surface area contributed by atoms with Gasteiger partial charge in [0.1, 0.15) is 13.2 Å². The van der Waals surface area contributed by atoms with E-state index < -0.39 is 6.10 Å². The maximum atomic E-state index is 12.9. The Labute approximate surface area is 453 Å². The Morgan fingerprint density at radius 1 is 0.274 bits per heavy atom. The first-order valence-corrected chi connectivity index (χ1v) is 31.4. The van der Waals surface area contributed by atoms with Gasteiger partial charge < -0.3 is 14.2 Å². The number of hydrogen-bond donors (Lipinski definition) is 0. The summed E-state index contributed by atoms with van der Waals surface area (Å²) in [5.74, 6) is -0.892. The van der Waals surface area contributed by atoms with Crippen molar-refractivity contribution in [2.75, 3.05) is 13.2 Å². The van der Waals surface area contributed by atoms with Gasteiger partial charge in [-0.25, -0.2) is 0 Å². The summed E-state index contributed by atoms with van der Waals surface area (Å²) in [6.45, 7) is 6.60. The summed E-state index contributed by atoms with van der Waals surface area (Å²) in [5.41, 5.74) is 0. The van der Waals surface area contributed by atoms with Crippen molar-refractivity contribution in [3.8, 4) is 0 Å². The summed E-state index contributed by atoms with van der Waals surface area (Å²) >= 11 is 0. The molecule has 0 aliphatic heterocycles. The van der Waals surface area contributed by atoms with Crippen LogP contribution in [0, 0.1) is 0 Å². The van der Waals surface area contributed by atoms with E-state index in [1.165, 1.54) is 186 Å². The van der Waals surface area contributed by atoms with E-state index in [0.29, 0.717) is 19.3 Å². The van der Waals surface area contributed by atoms with Gasteiger partial charge in [-0.2, -0.15) is 0 Å². The molecule has 0 aromatic heterocycles. The van der Waals surface area contributed by atoms with Crippen LogP contribution in [0.15, 0.2) is 72.9 Å². The van der Waals surface area contributed by atoms with Crippen molar-refractivity contribution in [3.63, 3.8) is 0 Å². The monoisotopic (exact) mass is 1020 g/mol. The predicted molar refractivity (Wildman–Crippen MR) is 316 cm³/mol. The second kappa shape index (κ2) is 61.4. The lowest BCUT2D eigenvalue weighted by Gasteiger charge is -2.18. The molecule has 0 heterocycles. The van der Waals surface area contributed by atoms with Crippen LogP contribution in [0.1, 0.15) is 316 Å². The van der Waals surface area contributed by atoms with Crippen LogP contribution in [0.5, 0.6) is 0 Å². The molecule has 0 radical (unpaired) electrons. The summed E-state index contributed by atoms with van der Waals surface area (Å²) in [5, 5.41) is 0. The fraction of sp³-hybridized carbons (Fsp3) is 0.776. The van der Waals surface area contributed by atoms with Crippen LogP contribution < -0.4 is 0 Å². The molecule has 1 unspecified atom stereocenters. The highest BCUT2D eigenvalue weighted by atomic mass is 16.6. The maximum Gasteiger partial charge on any atom is 0.306 e. The maximum absolute atomic E-state index is 12.9. The molecule has 0 spiro atoms. The third-order valence-corrected chi connectivity index (χ3v) is 13.7. The number of esters is 3. The van der Waals surface area contributed by atoms with Crippen molar-refractivity contribution in [1.82, 2.24) is 0 Å². The molecule has 0 aliphatic rings. The van der Waals surface area contributed by atoms with E-state index in [9.17, 15) is 14.4 Å². The zero-order valence-corrected chi connectivity index (χ0v) is 48.4. The minimum absolute atomic E-state index is 0.0823. The van der Waals surface area contributed by atoms with E-state index in [0.717, 1.165) is 89.9 Å². The number of hydrogen-bond acceptors (Lipinski definition) is 6. The zero-order chi connectivity index (χ0) is 52.9. The summed E-state index contributed by atoms with van der Waals surface area (Å²) < 4.78 is 16.9. The van der Waals surface area contributed by atoms with E-state index in [1.54, 1.807) is 0 Å². The Morgan fingerprint density at radius 2 is 0.493 bits per heavy atom. The van der Waals surface area contributed by atoms with Gasteiger partial charge in [-0.15, -0.1) is 0 Å². The van der Waals surface area contributed by atoms with Crippen molar-refractivity contribution in [2.24, 2.45) is 0 Å². The lowest BCUT2D eigenvalue weighted by molar-refractivity contribution is -0.167. The average Bonchev–Trinajstić information content (AvgIpc) is 3.39. The third-order valence-electron chi connectivity index (χ3n) is 13.7. The molecule has 0 aliphatic carbocycles. The van der Waals surface area contributed by atoms with Gasteiger partial charge in [0.2, 0.25) is 0 Å². The molecule has 0 aromatic carbocycles. The average molecular weight is 1020 g/mol. The first-order valence-electron chi connectivity index (χ1n) is 31.4. The normalized spacial score (nSPS) is 12.5. The highest BCUT2D eigenvalue weighted by Crippen LogP contribution is 2.16. The van der Waals surface area contributed by atoms with E-state index >= 15 is 0 Å². The van der Waals surface area contributed by atoms with Crippen molar-refractivity contribution < 1.29 is 28.6 Å². The van der Waals surface area contributed by atoms with E-state index in [4.69, 9.17) is 14.2 Å². The molecule has 0 aromatic rings. The van der Waals surface area contributed by atoms with Crippen LogP contribution in [0.2, 0.25) is 0 Å². The number of carbonyl (C=O) groups excluding carboxylic acids is 3. The number of allylic oxidation sites excluding steroid dienone is 12. The Morgan fingerprint density at radius 3 is 0.822 bits per heavy atom. The molecule has 0 saturated heterocycles. The predicted octanol–water partition coefficient (Wildman–Crippen LogP) is 21.3. The van der Waals surface area contributed by atoms with Gasteiger partial charge in [-0.1, -0.05) is 254 Å². The van der Waals surface area contributed by atoms with Crippen molar-refractivity contribution in [3.05, 3.63) is 72.9 Å². The van der Waals surface area contributed by atoms with Crippen molar-refractivity contribution in [2.45, 2.75) is 322 Å². The topological polar surface area (TPSA) is 78.9 Å². The summed E-state index contributed by atoms with van der Waals surface area (Å²) in [6.07, 6.45) is 79.0. The molecule has 0 amide bonds. The first-order chi connectivity index (χ1) is 36.0. The standard InChI is InChI=1S/C67H118O6/c1-4-7-10-13-16-19-22-25-27-29-31-32-33-34-35-36-37-39-40-42-45-48-51-54-57-60-66(69)72-63-64(62-71-65(68)59-56-53-50-47-44-24-21-18-15-12-9-6-3)73-67(70)61-58-55-52-49-46-43-41-38-30-28-26-23-20-17-14-11-8-5-2/h18,20-23,25,28-31,33-34,64H,4-17,19,24,26-27,32,35-63H2,1-3H3/b21-18-,23-20-,25-22-,30-28-,31-29-,34-33-.